The molecule has 2 aliphatic rings. The summed E-state index contributed by atoms with van der Waals surface area (Å²) >= 11 is 0. The molecule has 7 N–H and O–H groups in total. The first-order valence-electron chi connectivity index (χ1n) is 7.03. The Morgan fingerprint density at radius 2 is 1.13 bits per heavy atom. The Bertz CT molecular complexity index is 349. The second-order valence-electron chi connectivity index (χ2n) is 5.50. The zero-order valence-electron chi connectivity index (χ0n) is 11.9. The van der Waals surface area contributed by atoms with Crippen LogP contribution in [0.4, 0.5) is 4.39 Å². The Kier molecular flexibility index (Phi) is 6.24. The summed E-state index contributed by atoms with van der Waals surface area (Å²) in [5, 5.41) is 67.1. The first kappa shape index (κ1) is 18.9. The summed E-state index contributed by atoms with van der Waals surface area (Å²) in [7, 11) is 0. The van der Waals surface area contributed by atoms with Gasteiger partial charge in [0.05, 0.1) is 6.61 Å². The molecule has 0 bridgehead atoms. The van der Waals surface area contributed by atoms with Crippen LogP contribution in [0.3, 0.4) is 0 Å². The number of ether oxygens (including phenoxy) is 3. The van der Waals surface area contributed by atoms with E-state index in [1.54, 1.807) is 0 Å². The molecule has 10 atom stereocenters. The maximum absolute atomic E-state index is 12.8. The maximum atomic E-state index is 12.8. The monoisotopic (exact) mass is 344 g/mol. The van der Waals surface area contributed by atoms with Gasteiger partial charge in [-0.2, -0.15) is 0 Å². The van der Waals surface area contributed by atoms with Gasteiger partial charge in [-0.25, -0.2) is 4.39 Å². The smallest absolute Gasteiger partial charge is 0.189 e. The molecule has 2 aliphatic heterocycles. The van der Waals surface area contributed by atoms with Gasteiger partial charge in [-0.15, -0.1) is 0 Å². The maximum Gasteiger partial charge on any atom is 0.189 e. The fourth-order valence-electron chi connectivity index (χ4n) is 2.47. The average molecular weight is 344 g/mol. The highest BCUT2D eigenvalue weighted by atomic mass is 19.1. The molecule has 0 radical (unpaired) electrons. The van der Waals surface area contributed by atoms with Crippen LogP contribution in [0.1, 0.15) is 0 Å². The van der Waals surface area contributed by atoms with Crippen molar-refractivity contribution in [2.45, 2.75) is 61.4 Å². The van der Waals surface area contributed by atoms with Crippen LogP contribution >= 0.6 is 0 Å². The van der Waals surface area contributed by atoms with Gasteiger partial charge in [0.25, 0.3) is 0 Å². The Morgan fingerprint density at radius 1 is 0.696 bits per heavy atom. The minimum absolute atomic E-state index is 0.687. The van der Waals surface area contributed by atoms with Crippen molar-refractivity contribution in [2.75, 3.05) is 13.3 Å². The Morgan fingerprint density at radius 3 is 1.57 bits per heavy atom. The summed E-state index contributed by atoms with van der Waals surface area (Å²) in [5.74, 6) is 0. The average Bonchev–Trinajstić information content (AvgIpc) is 2.55. The topological polar surface area (TPSA) is 169 Å². The Balaban J connectivity index is 2.07. The molecule has 0 unspecified atom stereocenters. The summed E-state index contributed by atoms with van der Waals surface area (Å²) in [6.45, 7) is -1.85. The SMILES string of the molecule is OC[C@@H]1O[C@@H](O[C@H]2O[C@H](CF)[C@H](O)[C@H](O)[C@H]2O)[C@@H](O)[C@H](O)[C@H]1O. The van der Waals surface area contributed by atoms with E-state index < -0.39 is 74.7 Å². The van der Waals surface area contributed by atoms with Gasteiger partial charge in [-0.3, -0.25) is 0 Å². The number of hydrogen-bond acceptors (Lipinski definition) is 10. The summed E-state index contributed by atoms with van der Waals surface area (Å²) < 4.78 is 27.9. The lowest BCUT2D eigenvalue weighted by atomic mass is 9.98. The normalized spacial score (nSPS) is 51.7. The molecule has 0 aliphatic carbocycles. The first-order chi connectivity index (χ1) is 10.8. The predicted molar refractivity (Wildman–Crippen MR) is 67.5 cm³/mol. The van der Waals surface area contributed by atoms with E-state index in [2.05, 4.69) is 0 Å². The molecule has 10 nitrogen and oxygen atoms in total. The molecule has 0 aromatic heterocycles. The van der Waals surface area contributed by atoms with Crippen LogP contribution in [0.2, 0.25) is 0 Å². The fourth-order valence-corrected chi connectivity index (χ4v) is 2.47. The third-order valence-corrected chi connectivity index (χ3v) is 3.94. The van der Waals surface area contributed by atoms with Crippen LogP contribution < -0.4 is 0 Å². The van der Waals surface area contributed by atoms with E-state index in [9.17, 15) is 35.0 Å². The van der Waals surface area contributed by atoms with E-state index in [0.717, 1.165) is 0 Å². The molecule has 2 saturated heterocycles. The predicted octanol–water partition coefficient (Wildman–Crippen LogP) is -4.42. The zero-order chi connectivity index (χ0) is 17.3. The van der Waals surface area contributed by atoms with Crippen molar-refractivity contribution >= 4 is 0 Å². The molecule has 0 saturated carbocycles. The van der Waals surface area contributed by atoms with Gasteiger partial charge in [0.2, 0.25) is 0 Å². The molecule has 0 spiro atoms. The van der Waals surface area contributed by atoms with Crippen molar-refractivity contribution in [1.82, 2.24) is 0 Å². The Hall–Kier alpha value is -0.470. The van der Waals surface area contributed by atoms with Crippen molar-refractivity contribution in [1.29, 1.82) is 0 Å². The van der Waals surface area contributed by atoms with Crippen molar-refractivity contribution in [3.05, 3.63) is 0 Å². The van der Waals surface area contributed by atoms with Crippen LogP contribution in [-0.4, -0.2) is 110 Å². The van der Waals surface area contributed by atoms with E-state index in [-0.39, 0.29) is 0 Å². The lowest BCUT2D eigenvalue weighted by Gasteiger charge is -2.44. The van der Waals surface area contributed by atoms with E-state index in [4.69, 9.17) is 19.3 Å². The molecular weight excluding hydrogens is 323 g/mol. The van der Waals surface area contributed by atoms with Gasteiger partial charge in [-0.05, 0) is 0 Å². The molecule has 11 heteroatoms. The molecule has 0 amide bonds. The molecule has 136 valence electrons. The number of aliphatic hydroxyl groups excluding tert-OH is 7. The van der Waals surface area contributed by atoms with Crippen molar-refractivity contribution in [3.8, 4) is 0 Å². The van der Waals surface area contributed by atoms with E-state index in [1.165, 1.54) is 0 Å². The standard InChI is InChI=1S/C12H21FO10/c13-1-3-5(15)7(17)9(19)11(21-3)23-12-10(20)8(18)6(16)4(2-14)22-12/h3-12,14-20H,1-2H2/t3-,4+,5+,6+,7+,8-,9-,10+,11-,12+/m1/s1. The van der Waals surface area contributed by atoms with Crippen LogP contribution in [0.25, 0.3) is 0 Å². The van der Waals surface area contributed by atoms with Gasteiger partial charge < -0.3 is 50.0 Å². The molecule has 2 fully saturated rings. The van der Waals surface area contributed by atoms with Crippen molar-refractivity contribution < 1.29 is 54.3 Å². The van der Waals surface area contributed by atoms with Gasteiger partial charge in [0.1, 0.15) is 55.5 Å². The van der Waals surface area contributed by atoms with Crippen molar-refractivity contribution in [3.63, 3.8) is 0 Å². The highest BCUT2D eigenvalue weighted by Crippen LogP contribution is 2.28. The lowest BCUT2D eigenvalue weighted by Crippen LogP contribution is -2.63. The number of halogens is 1. The highest BCUT2D eigenvalue weighted by molar-refractivity contribution is 4.92. The van der Waals surface area contributed by atoms with E-state index in [1.807, 2.05) is 0 Å². The first-order valence-corrected chi connectivity index (χ1v) is 7.03. The van der Waals surface area contributed by atoms with Gasteiger partial charge in [-0.1, -0.05) is 0 Å². The summed E-state index contributed by atoms with van der Waals surface area (Å²) in [6, 6.07) is 0. The number of alkyl halides is 1. The third kappa shape index (κ3) is 3.64. The van der Waals surface area contributed by atoms with Crippen LogP contribution in [0, 0.1) is 0 Å². The fraction of sp³-hybridized carbons (Fsp3) is 1.00. The second-order valence-corrected chi connectivity index (χ2v) is 5.50. The summed E-state index contributed by atoms with van der Waals surface area (Å²) in [6.07, 6.45) is -16.3. The summed E-state index contributed by atoms with van der Waals surface area (Å²) in [4.78, 5) is 0. The van der Waals surface area contributed by atoms with E-state index in [0.29, 0.717) is 0 Å². The van der Waals surface area contributed by atoms with Gasteiger partial charge in [0, 0.05) is 0 Å². The molecular formula is C12H21FO10. The minimum atomic E-state index is -1.78. The molecule has 2 rings (SSSR count). The van der Waals surface area contributed by atoms with Crippen LogP contribution in [0.5, 0.6) is 0 Å². The quantitative estimate of drug-likeness (QED) is 0.264. The largest absolute Gasteiger partial charge is 0.394 e. The minimum Gasteiger partial charge on any atom is -0.394 e. The van der Waals surface area contributed by atoms with E-state index >= 15 is 0 Å². The van der Waals surface area contributed by atoms with Crippen LogP contribution in [0.15, 0.2) is 0 Å². The Labute approximate surface area is 130 Å². The van der Waals surface area contributed by atoms with Gasteiger partial charge >= 0.3 is 0 Å². The molecule has 0 aromatic carbocycles. The number of hydrogen-bond donors (Lipinski definition) is 7. The van der Waals surface area contributed by atoms with Crippen LogP contribution in [-0.2, 0) is 14.2 Å². The molecule has 23 heavy (non-hydrogen) atoms. The highest BCUT2D eigenvalue weighted by Gasteiger charge is 2.49. The second kappa shape index (κ2) is 7.61. The molecule has 2 heterocycles. The lowest BCUT2D eigenvalue weighted by molar-refractivity contribution is -0.375. The third-order valence-electron chi connectivity index (χ3n) is 3.94. The number of aliphatic hydroxyl groups is 7. The zero-order valence-corrected chi connectivity index (χ0v) is 11.9. The van der Waals surface area contributed by atoms with Crippen molar-refractivity contribution in [2.24, 2.45) is 0 Å². The summed E-state index contributed by atoms with van der Waals surface area (Å²) in [5.41, 5.74) is 0. The number of rotatable bonds is 4. The molecule has 0 aromatic rings. The van der Waals surface area contributed by atoms with Gasteiger partial charge in [0.15, 0.2) is 12.6 Å².